The lowest BCUT2D eigenvalue weighted by Crippen LogP contribution is -2.31. The third-order valence-corrected chi connectivity index (χ3v) is 3.71. The highest BCUT2D eigenvalue weighted by atomic mass is 35.5. The predicted octanol–water partition coefficient (Wildman–Crippen LogP) is 2.93. The molecule has 0 saturated heterocycles. The van der Waals surface area contributed by atoms with E-state index in [-0.39, 0.29) is 5.24 Å². The number of nitrogens with two attached hydrogens (primary N) is 1. The second kappa shape index (κ2) is 5.41. The summed E-state index contributed by atoms with van der Waals surface area (Å²) in [4.78, 5) is 15.8. The van der Waals surface area contributed by atoms with E-state index in [9.17, 15) is 4.79 Å². The summed E-state index contributed by atoms with van der Waals surface area (Å²) in [5, 5.41) is -0.380. The second-order valence-corrected chi connectivity index (χ2v) is 5.10. The molecule has 0 aliphatic heterocycles. The summed E-state index contributed by atoms with van der Waals surface area (Å²) in [6.07, 6.45) is 3.94. The van der Waals surface area contributed by atoms with Crippen molar-refractivity contribution in [3.8, 4) is 0 Å². The van der Waals surface area contributed by atoms with Crippen LogP contribution in [0.1, 0.15) is 18.1 Å². The molecule has 0 saturated carbocycles. The fraction of sp³-hybridized carbons (Fsp3) is 0.200. The van der Waals surface area contributed by atoms with Crippen molar-refractivity contribution in [2.75, 3.05) is 5.73 Å². The van der Waals surface area contributed by atoms with Crippen LogP contribution >= 0.6 is 11.6 Å². The highest BCUT2D eigenvalue weighted by molar-refractivity contribution is 6.65. The first-order valence-electron chi connectivity index (χ1n) is 5.97. The Bertz CT molecular complexity index is 568. The Morgan fingerprint density at radius 2 is 1.79 bits per heavy atom. The van der Waals surface area contributed by atoms with Crippen LogP contribution in [0.3, 0.4) is 0 Å². The van der Waals surface area contributed by atoms with Crippen molar-refractivity contribution >= 4 is 22.5 Å². The molecule has 0 amide bonds. The van der Waals surface area contributed by atoms with Crippen molar-refractivity contribution < 1.29 is 4.79 Å². The summed E-state index contributed by atoms with van der Waals surface area (Å²) in [5.41, 5.74) is 7.45. The SMILES string of the molecule is CC(Cc1ccncc1)(C(=O)Cl)c1ccc(N)cc1. The van der Waals surface area contributed by atoms with Gasteiger partial charge in [0.1, 0.15) is 0 Å². The first kappa shape index (κ1) is 13.6. The summed E-state index contributed by atoms with van der Waals surface area (Å²) >= 11 is 5.82. The maximum Gasteiger partial charge on any atom is 0.232 e. The second-order valence-electron chi connectivity index (χ2n) is 4.76. The monoisotopic (exact) mass is 274 g/mol. The van der Waals surface area contributed by atoms with E-state index in [1.807, 2.05) is 31.2 Å². The van der Waals surface area contributed by atoms with Crippen LogP contribution in [0.25, 0.3) is 0 Å². The predicted molar refractivity (Wildman–Crippen MR) is 77.0 cm³/mol. The number of aromatic nitrogens is 1. The third-order valence-electron chi connectivity index (χ3n) is 3.29. The first-order chi connectivity index (χ1) is 9.02. The van der Waals surface area contributed by atoms with Gasteiger partial charge in [-0.2, -0.15) is 0 Å². The molecule has 4 heteroatoms. The fourth-order valence-corrected chi connectivity index (χ4v) is 2.22. The molecule has 0 aliphatic carbocycles. The van der Waals surface area contributed by atoms with Crippen LogP contribution in [0.15, 0.2) is 48.8 Å². The molecule has 2 N–H and O–H groups in total. The molecule has 1 atom stereocenters. The average Bonchev–Trinajstić information content (AvgIpc) is 2.40. The zero-order chi connectivity index (χ0) is 13.9. The summed E-state index contributed by atoms with van der Waals surface area (Å²) in [6, 6.07) is 11.0. The number of nitrogens with zero attached hydrogens (tertiary/aromatic N) is 1. The van der Waals surface area contributed by atoms with Crippen LogP contribution in [-0.2, 0) is 16.6 Å². The molecule has 0 fully saturated rings. The lowest BCUT2D eigenvalue weighted by molar-refractivity contribution is -0.116. The van der Waals surface area contributed by atoms with Crippen LogP contribution in [0.4, 0.5) is 5.69 Å². The van der Waals surface area contributed by atoms with Gasteiger partial charge in [0.25, 0.3) is 0 Å². The average molecular weight is 275 g/mol. The van der Waals surface area contributed by atoms with Gasteiger partial charge in [-0.1, -0.05) is 12.1 Å². The number of hydrogen-bond acceptors (Lipinski definition) is 3. The Morgan fingerprint density at radius 3 is 2.32 bits per heavy atom. The van der Waals surface area contributed by atoms with Crippen molar-refractivity contribution in [3.63, 3.8) is 0 Å². The lowest BCUT2D eigenvalue weighted by Gasteiger charge is -2.26. The number of anilines is 1. The van der Waals surface area contributed by atoms with E-state index < -0.39 is 5.41 Å². The standard InChI is InChI=1S/C15H15ClN2O/c1-15(14(16)19,10-11-6-8-18-9-7-11)12-2-4-13(17)5-3-12/h2-9H,10,17H2,1H3. The van der Waals surface area contributed by atoms with E-state index in [2.05, 4.69) is 4.98 Å². The van der Waals surface area contributed by atoms with E-state index in [0.717, 1.165) is 11.1 Å². The zero-order valence-electron chi connectivity index (χ0n) is 10.6. The minimum Gasteiger partial charge on any atom is -0.399 e. The van der Waals surface area contributed by atoms with Gasteiger partial charge in [-0.05, 0) is 60.3 Å². The van der Waals surface area contributed by atoms with Gasteiger partial charge in [-0.15, -0.1) is 0 Å². The van der Waals surface area contributed by atoms with Gasteiger partial charge in [-0.25, -0.2) is 0 Å². The van der Waals surface area contributed by atoms with E-state index in [4.69, 9.17) is 17.3 Å². The summed E-state index contributed by atoms with van der Waals surface area (Å²) in [5.74, 6) is 0. The third kappa shape index (κ3) is 2.93. The summed E-state index contributed by atoms with van der Waals surface area (Å²) in [6.45, 7) is 1.84. The Hall–Kier alpha value is -1.87. The molecule has 2 aromatic rings. The van der Waals surface area contributed by atoms with E-state index in [0.29, 0.717) is 12.1 Å². The summed E-state index contributed by atoms with van der Waals surface area (Å²) < 4.78 is 0. The van der Waals surface area contributed by atoms with Crippen molar-refractivity contribution in [1.29, 1.82) is 0 Å². The van der Waals surface area contributed by atoms with Gasteiger partial charge in [0.05, 0.1) is 5.41 Å². The van der Waals surface area contributed by atoms with Crippen LogP contribution in [0, 0.1) is 0 Å². The van der Waals surface area contributed by atoms with Crippen LogP contribution in [-0.4, -0.2) is 10.2 Å². The van der Waals surface area contributed by atoms with Gasteiger partial charge in [0, 0.05) is 18.1 Å². The van der Waals surface area contributed by atoms with Crippen molar-refractivity contribution in [2.45, 2.75) is 18.8 Å². The highest BCUT2D eigenvalue weighted by Crippen LogP contribution is 2.31. The molecule has 0 spiro atoms. The smallest absolute Gasteiger partial charge is 0.232 e. The summed E-state index contributed by atoms with van der Waals surface area (Å²) in [7, 11) is 0. The number of benzene rings is 1. The number of hydrogen-bond donors (Lipinski definition) is 1. The number of pyridine rings is 1. The van der Waals surface area contributed by atoms with E-state index in [1.54, 1.807) is 24.5 Å². The number of halogens is 1. The molecule has 0 aliphatic rings. The molecule has 1 unspecified atom stereocenters. The Morgan fingerprint density at radius 1 is 1.21 bits per heavy atom. The molecule has 2 rings (SSSR count). The van der Waals surface area contributed by atoms with Gasteiger partial charge in [0.2, 0.25) is 5.24 Å². The highest BCUT2D eigenvalue weighted by Gasteiger charge is 2.34. The number of carbonyl (C=O) groups is 1. The molecule has 98 valence electrons. The minimum atomic E-state index is -0.767. The largest absolute Gasteiger partial charge is 0.399 e. The number of nitrogen functional groups attached to an aromatic ring is 1. The molecular formula is C15H15ClN2O. The van der Waals surface area contributed by atoms with Crippen LogP contribution in [0.5, 0.6) is 0 Å². The number of rotatable bonds is 4. The van der Waals surface area contributed by atoms with Crippen molar-refractivity contribution in [3.05, 3.63) is 59.9 Å². The fourth-order valence-electron chi connectivity index (χ4n) is 2.04. The molecular weight excluding hydrogens is 260 g/mol. The zero-order valence-corrected chi connectivity index (χ0v) is 11.4. The maximum atomic E-state index is 11.9. The quantitative estimate of drug-likeness (QED) is 0.689. The van der Waals surface area contributed by atoms with Gasteiger partial charge < -0.3 is 5.73 Å². The Kier molecular flexibility index (Phi) is 3.86. The molecule has 0 radical (unpaired) electrons. The normalized spacial score (nSPS) is 13.8. The topological polar surface area (TPSA) is 56.0 Å². The van der Waals surface area contributed by atoms with Gasteiger partial charge >= 0.3 is 0 Å². The molecule has 1 aromatic heterocycles. The van der Waals surface area contributed by atoms with E-state index >= 15 is 0 Å². The number of carbonyl (C=O) groups excluding carboxylic acids is 1. The molecule has 19 heavy (non-hydrogen) atoms. The Balaban J connectivity index is 2.38. The van der Waals surface area contributed by atoms with Crippen LogP contribution < -0.4 is 5.73 Å². The minimum absolute atomic E-state index is 0.380. The van der Waals surface area contributed by atoms with Crippen LogP contribution in [0.2, 0.25) is 0 Å². The van der Waals surface area contributed by atoms with Crippen molar-refractivity contribution in [2.24, 2.45) is 0 Å². The Labute approximate surface area is 117 Å². The van der Waals surface area contributed by atoms with E-state index in [1.165, 1.54) is 0 Å². The molecule has 3 nitrogen and oxygen atoms in total. The van der Waals surface area contributed by atoms with Crippen molar-refractivity contribution in [1.82, 2.24) is 4.98 Å². The molecule has 0 bridgehead atoms. The van der Waals surface area contributed by atoms with Gasteiger partial charge in [0.15, 0.2) is 0 Å². The molecule has 1 heterocycles. The van der Waals surface area contributed by atoms with Gasteiger partial charge in [-0.3, -0.25) is 9.78 Å². The maximum absolute atomic E-state index is 11.9. The first-order valence-corrected chi connectivity index (χ1v) is 6.35. The molecule has 1 aromatic carbocycles. The lowest BCUT2D eigenvalue weighted by atomic mass is 9.78.